The highest BCUT2D eigenvalue weighted by Crippen LogP contribution is 2.37. The van der Waals surface area contributed by atoms with Gasteiger partial charge in [0.25, 0.3) is 0 Å². The van der Waals surface area contributed by atoms with Crippen molar-refractivity contribution in [2.24, 2.45) is 5.92 Å². The Kier molecular flexibility index (Phi) is 3.14. The van der Waals surface area contributed by atoms with Crippen molar-refractivity contribution in [3.63, 3.8) is 0 Å². The minimum Gasteiger partial charge on any atom is -0.406 e. The van der Waals surface area contributed by atoms with Crippen LogP contribution in [0.25, 0.3) is 0 Å². The summed E-state index contributed by atoms with van der Waals surface area (Å²) < 4.78 is 5.36. The smallest absolute Gasteiger partial charge is 0.315 e. The van der Waals surface area contributed by atoms with Crippen LogP contribution in [0.3, 0.4) is 0 Å². The SMILES string of the molecule is CCCC1CC1Nc1nnc(C(C)Cl)o1. The lowest BCUT2D eigenvalue weighted by molar-refractivity contribution is 0.504. The zero-order valence-electron chi connectivity index (χ0n) is 9.03. The van der Waals surface area contributed by atoms with Gasteiger partial charge in [-0.25, -0.2) is 0 Å². The van der Waals surface area contributed by atoms with Gasteiger partial charge in [0.05, 0.1) is 0 Å². The van der Waals surface area contributed by atoms with Gasteiger partial charge < -0.3 is 9.73 Å². The van der Waals surface area contributed by atoms with E-state index in [2.05, 4.69) is 22.4 Å². The van der Waals surface area contributed by atoms with Crippen LogP contribution in [0, 0.1) is 5.92 Å². The highest BCUT2D eigenvalue weighted by molar-refractivity contribution is 6.20. The molecule has 2 rings (SSSR count). The lowest BCUT2D eigenvalue weighted by Crippen LogP contribution is -2.04. The molecule has 1 aliphatic carbocycles. The summed E-state index contributed by atoms with van der Waals surface area (Å²) in [7, 11) is 0. The average molecular weight is 230 g/mol. The van der Waals surface area contributed by atoms with Gasteiger partial charge >= 0.3 is 6.01 Å². The second-order valence-electron chi connectivity index (χ2n) is 4.10. The lowest BCUT2D eigenvalue weighted by Gasteiger charge is -1.98. The number of halogens is 1. The van der Waals surface area contributed by atoms with Crippen molar-refractivity contribution in [3.05, 3.63) is 5.89 Å². The van der Waals surface area contributed by atoms with Gasteiger partial charge in [-0.05, 0) is 25.7 Å². The molecule has 4 nitrogen and oxygen atoms in total. The molecule has 0 saturated heterocycles. The van der Waals surface area contributed by atoms with Crippen molar-refractivity contribution in [1.82, 2.24) is 10.2 Å². The summed E-state index contributed by atoms with van der Waals surface area (Å²) in [5.74, 6) is 1.26. The maximum atomic E-state index is 5.82. The van der Waals surface area contributed by atoms with E-state index >= 15 is 0 Å². The fourth-order valence-electron chi connectivity index (χ4n) is 1.73. The Morgan fingerprint density at radius 2 is 2.40 bits per heavy atom. The van der Waals surface area contributed by atoms with E-state index in [4.69, 9.17) is 16.0 Å². The third-order valence-electron chi connectivity index (χ3n) is 2.67. The summed E-state index contributed by atoms with van der Waals surface area (Å²) in [5.41, 5.74) is 0. The van der Waals surface area contributed by atoms with Crippen LogP contribution in [0.2, 0.25) is 0 Å². The normalized spacial score (nSPS) is 26.3. The molecule has 1 heterocycles. The number of aromatic nitrogens is 2. The highest BCUT2D eigenvalue weighted by Gasteiger charge is 2.37. The molecule has 0 spiro atoms. The van der Waals surface area contributed by atoms with Gasteiger partial charge in [0, 0.05) is 6.04 Å². The van der Waals surface area contributed by atoms with E-state index in [1.165, 1.54) is 19.3 Å². The number of nitrogens with one attached hydrogen (secondary N) is 1. The van der Waals surface area contributed by atoms with E-state index < -0.39 is 0 Å². The number of rotatable bonds is 5. The molecule has 0 bridgehead atoms. The zero-order valence-corrected chi connectivity index (χ0v) is 9.79. The molecule has 5 heteroatoms. The van der Waals surface area contributed by atoms with Crippen LogP contribution < -0.4 is 5.32 Å². The molecule has 3 atom stereocenters. The monoisotopic (exact) mass is 229 g/mol. The molecule has 0 aliphatic heterocycles. The molecule has 1 aliphatic rings. The largest absolute Gasteiger partial charge is 0.406 e. The predicted molar refractivity (Wildman–Crippen MR) is 59.0 cm³/mol. The molecule has 3 unspecified atom stereocenters. The fraction of sp³-hybridized carbons (Fsp3) is 0.800. The Hall–Kier alpha value is -0.770. The van der Waals surface area contributed by atoms with E-state index in [1.807, 2.05) is 6.92 Å². The molecular formula is C10H16ClN3O. The van der Waals surface area contributed by atoms with Gasteiger partial charge in [-0.15, -0.1) is 16.7 Å². The van der Waals surface area contributed by atoms with E-state index in [1.54, 1.807) is 0 Å². The number of hydrogen-bond donors (Lipinski definition) is 1. The molecule has 1 fully saturated rings. The Morgan fingerprint density at radius 1 is 1.60 bits per heavy atom. The van der Waals surface area contributed by atoms with Crippen molar-refractivity contribution >= 4 is 17.6 Å². The number of anilines is 1. The Morgan fingerprint density at radius 3 is 3.00 bits per heavy atom. The van der Waals surface area contributed by atoms with Gasteiger partial charge in [-0.1, -0.05) is 18.4 Å². The van der Waals surface area contributed by atoms with Crippen LogP contribution in [0.5, 0.6) is 0 Å². The van der Waals surface area contributed by atoms with E-state index in [0.29, 0.717) is 17.9 Å². The second kappa shape index (κ2) is 4.39. The first-order valence-electron chi connectivity index (χ1n) is 5.44. The molecule has 0 aromatic carbocycles. The predicted octanol–water partition coefficient (Wildman–Crippen LogP) is 2.97. The quantitative estimate of drug-likeness (QED) is 0.789. The minimum absolute atomic E-state index is 0.223. The lowest BCUT2D eigenvalue weighted by atomic mass is 10.2. The first-order valence-corrected chi connectivity index (χ1v) is 5.88. The van der Waals surface area contributed by atoms with Gasteiger partial charge in [-0.3, -0.25) is 0 Å². The van der Waals surface area contributed by atoms with Crippen LogP contribution in [0.4, 0.5) is 6.01 Å². The Balaban J connectivity index is 1.84. The van der Waals surface area contributed by atoms with Crippen molar-refractivity contribution in [3.8, 4) is 0 Å². The third kappa shape index (κ3) is 2.62. The topological polar surface area (TPSA) is 51.0 Å². The molecule has 1 saturated carbocycles. The van der Waals surface area contributed by atoms with Gasteiger partial charge in [0.1, 0.15) is 5.38 Å². The number of nitrogens with zero attached hydrogens (tertiary/aromatic N) is 2. The summed E-state index contributed by atoms with van der Waals surface area (Å²) in [6, 6.07) is 1.02. The third-order valence-corrected chi connectivity index (χ3v) is 2.86. The van der Waals surface area contributed by atoms with Crippen LogP contribution >= 0.6 is 11.6 Å². The molecule has 1 aromatic heterocycles. The minimum atomic E-state index is -0.223. The maximum absolute atomic E-state index is 5.82. The summed E-state index contributed by atoms with van der Waals surface area (Å²) in [4.78, 5) is 0. The van der Waals surface area contributed by atoms with Gasteiger partial charge in [0.2, 0.25) is 5.89 Å². The van der Waals surface area contributed by atoms with Crippen LogP contribution in [-0.2, 0) is 0 Å². The van der Waals surface area contributed by atoms with Crippen molar-refractivity contribution in [2.75, 3.05) is 5.32 Å². The van der Waals surface area contributed by atoms with E-state index in [-0.39, 0.29) is 5.38 Å². The van der Waals surface area contributed by atoms with E-state index in [0.717, 1.165) is 5.92 Å². The molecule has 1 aromatic rings. The second-order valence-corrected chi connectivity index (χ2v) is 4.75. The molecular weight excluding hydrogens is 214 g/mol. The molecule has 0 amide bonds. The highest BCUT2D eigenvalue weighted by atomic mass is 35.5. The summed E-state index contributed by atoms with van der Waals surface area (Å²) in [6.45, 7) is 4.02. The van der Waals surface area contributed by atoms with Crippen LogP contribution in [-0.4, -0.2) is 16.2 Å². The Labute approximate surface area is 94.4 Å². The first kappa shape index (κ1) is 10.7. The summed E-state index contributed by atoms with van der Waals surface area (Å²) in [6.07, 6.45) is 3.71. The van der Waals surface area contributed by atoms with Gasteiger partial charge in [0.15, 0.2) is 0 Å². The molecule has 1 N–H and O–H groups in total. The standard InChI is InChI=1S/C10H16ClN3O/c1-3-4-7-5-8(7)12-10-14-13-9(15-10)6(2)11/h6-8H,3-5H2,1-2H3,(H,12,14). The number of hydrogen-bond acceptors (Lipinski definition) is 4. The molecule has 84 valence electrons. The summed E-state index contributed by atoms with van der Waals surface area (Å²) >= 11 is 5.82. The maximum Gasteiger partial charge on any atom is 0.315 e. The van der Waals surface area contributed by atoms with Gasteiger partial charge in [-0.2, -0.15) is 0 Å². The number of alkyl halides is 1. The van der Waals surface area contributed by atoms with E-state index in [9.17, 15) is 0 Å². The average Bonchev–Trinajstić information content (AvgIpc) is 2.75. The zero-order chi connectivity index (χ0) is 10.8. The summed E-state index contributed by atoms with van der Waals surface area (Å²) in [5, 5.41) is 10.8. The first-order chi connectivity index (χ1) is 7.20. The van der Waals surface area contributed by atoms with Crippen LogP contribution in [0.15, 0.2) is 4.42 Å². The molecule has 15 heavy (non-hydrogen) atoms. The van der Waals surface area contributed by atoms with Crippen molar-refractivity contribution in [1.29, 1.82) is 0 Å². The fourth-order valence-corrected chi connectivity index (χ4v) is 1.81. The Bertz CT molecular complexity index is 326. The molecule has 0 radical (unpaired) electrons. The van der Waals surface area contributed by atoms with Crippen molar-refractivity contribution in [2.45, 2.75) is 44.5 Å². The van der Waals surface area contributed by atoms with Crippen LogP contribution in [0.1, 0.15) is 44.4 Å². The van der Waals surface area contributed by atoms with Crippen molar-refractivity contribution < 1.29 is 4.42 Å².